The highest BCUT2D eigenvalue weighted by Crippen LogP contribution is 2.48. The molecule has 0 radical (unpaired) electrons. The minimum atomic E-state index is -1.15. The van der Waals surface area contributed by atoms with Crippen LogP contribution < -0.4 is 4.52 Å². The van der Waals surface area contributed by atoms with Crippen LogP contribution in [0.15, 0.2) is 24.3 Å². The number of benzene rings is 2. The SMILES string of the molecule is CC(c1cc(C(C)(C)C)cc(C(C)(C)C)c1O)c1cc(C(C)(C)C)cc(C(C)(C)C)c1OPF. The van der Waals surface area contributed by atoms with Crippen molar-refractivity contribution < 1.29 is 13.8 Å². The van der Waals surface area contributed by atoms with Gasteiger partial charge in [0.15, 0.2) is 0 Å². The molecule has 0 saturated heterocycles. The molecule has 0 bridgehead atoms. The zero-order valence-corrected chi connectivity index (χ0v) is 24.6. The Balaban J connectivity index is 2.97. The zero-order chi connectivity index (χ0) is 26.4. The summed E-state index contributed by atoms with van der Waals surface area (Å²) in [5.74, 6) is 0.741. The van der Waals surface area contributed by atoms with Gasteiger partial charge in [0.2, 0.25) is 0 Å². The Kier molecular flexibility index (Phi) is 7.96. The topological polar surface area (TPSA) is 29.5 Å². The number of phenols is 1. The number of hydrogen-bond acceptors (Lipinski definition) is 2. The molecule has 0 aliphatic rings. The summed E-state index contributed by atoms with van der Waals surface area (Å²) in [6.45, 7) is 28.0. The average molecular weight is 489 g/mol. The highest BCUT2D eigenvalue weighted by molar-refractivity contribution is 7.26. The highest BCUT2D eigenvalue weighted by atomic mass is 31.1. The average Bonchev–Trinajstić information content (AvgIpc) is 2.64. The van der Waals surface area contributed by atoms with Crippen molar-refractivity contribution in [3.8, 4) is 11.5 Å². The van der Waals surface area contributed by atoms with E-state index in [2.05, 4.69) is 114 Å². The quantitative estimate of drug-likeness (QED) is 0.434. The number of phenolic OH excluding ortho intramolecular Hbond substituents is 1. The number of rotatable bonds is 4. The van der Waals surface area contributed by atoms with Gasteiger partial charge in [-0.2, -0.15) is 4.20 Å². The van der Waals surface area contributed by atoms with Crippen molar-refractivity contribution in [1.82, 2.24) is 0 Å². The first-order valence-corrected chi connectivity index (χ1v) is 13.1. The monoisotopic (exact) mass is 488 g/mol. The van der Waals surface area contributed by atoms with E-state index in [1.54, 1.807) is 0 Å². The van der Waals surface area contributed by atoms with Crippen molar-refractivity contribution in [2.45, 2.75) is 118 Å². The number of hydrogen-bond donors (Lipinski definition) is 1. The molecule has 0 aromatic heterocycles. The van der Waals surface area contributed by atoms with E-state index in [0.29, 0.717) is 11.5 Å². The molecule has 0 aliphatic carbocycles. The lowest BCUT2D eigenvalue weighted by molar-refractivity contribution is 0.435. The van der Waals surface area contributed by atoms with Crippen LogP contribution in [-0.4, -0.2) is 5.11 Å². The van der Waals surface area contributed by atoms with Crippen molar-refractivity contribution in [1.29, 1.82) is 0 Å². The largest absolute Gasteiger partial charge is 0.507 e. The van der Waals surface area contributed by atoms with E-state index < -0.39 is 9.12 Å². The van der Waals surface area contributed by atoms with Gasteiger partial charge < -0.3 is 9.63 Å². The van der Waals surface area contributed by atoms with Crippen molar-refractivity contribution in [3.63, 3.8) is 0 Å². The third-order valence-electron chi connectivity index (χ3n) is 6.68. The van der Waals surface area contributed by atoms with Crippen LogP contribution in [0.5, 0.6) is 11.5 Å². The zero-order valence-electron chi connectivity index (χ0n) is 23.6. The molecule has 1 N–H and O–H groups in total. The molecule has 0 spiro atoms. The smallest absolute Gasteiger partial charge is 0.261 e. The van der Waals surface area contributed by atoms with Gasteiger partial charge in [0.1, 0.15) is 11.5 Å². The van der Waals surface area contributed by atoms with Crippen LogP contribution in [0.25, 0.3) is 0 Å². The second-order valence-electron chi connectivity index (χ2n) is 13.8. The molecular weight excluding hydrogens is 442 g/mol. The lowest BCUT2D eigenvalue weighted by atomic mass is 9.74. The first-order chi connectivity index (χ1) is 15.2. The van der Waals surface area contributed by atoms with E-state index >= 15 is 0 Å². The Morgan fingerprint density at radius 3 is 1.47 bits per heavy atom. The van der Waals surface area contributed by atoms with Gasteiger partial charge in [-0.05, 0) is 38.4 Å². The number of aromatic hydroxyl groups is 1. The van der Waals surface area contributed by atoms with Crippen LogP contribution >= 0.6 is 9.12 Å². The summed E-state index contributed by atoms with van der Waals surface area (Å²) in [5, 5.41) is 11.5. The number of halogens is 1. The molecule has 0 heterocycles. The van der Waals surface area contributed by atoms with Gasteiger partial charge in [0.25, 0.3) is 9.12 Å². The van der Waals surface area contributed by atoms with E-state index in [1.165, 1.54) is 11.1 Å². The highest BCUT2D eigenvalue weighted by Gasteiger charge is 2.31. The fourth-order valence-corrected chi connectivity index (χ4v) is 4.58. The molecule has 4 heteroatoms. The van der Waals surface area contributed by atoms with E-state index in [9.17, 15) is 9.30 Å². The second kappa shape index (κ2) is 9.45. The summed E-state index contributed by atoms with van der Waals surface area (Å²) in [4.78, 5) is 0. The third-order valence-corrected chi connectivity index (χ3v) is 6.96. The van der Waals surface area contributed by atoms with Crippen molar-refractivity contribution in [2.24, 2.45) is 0 Å². The Hall–Kier alpha value is -1.60. The van der Waals surface area contributed by atoms with Gasteiger partial charge in [-0.15, -0.1) is 0 Å². The summed E-state index contributed by atoms with van der Waals surface area (Å²) in [7, 11) is -1.15. The maximum atomic E-state index is 13.7. The Morgan fingerprint density at radius 2 is 1.09 bits per heavy atom. The van der Waals surface area contributed by atoms with E-state index in [4.69, 9.17) is 4.52 Å². The molecule has 0 saturated carbocycles. The van der Waals surface area contributed by atoms with Crippen molar-refractivity contribution in [2.75, 3.05) is 0 Å². The molecule has 0 amide bonds. The van der Waals surface area contributed by atoms with E-state index in [1.807, 2.05) is 0 Å². The third kappa shape index (κ3) is 6.14. The summed E-state index contributed by atoms with van der Waals surface area (Å²) < 4.78 is 19.4. The van der Waals surface area contributed by atoms with E-state index in [-0.39, 0.29) is 27.6 Å². The molecule has 34 heavy (non-hydrogen) atoms. The van der Waals surface area contributed by atoms with Crippen LogP contribution in [-0.2, 0) is 21.7 Å². The molecule has 0 aliphatic heterocycles. The van der Waals surface area contributed by atoms with Gasteiger partial charge in [0.05, 0.1) is 0 Å². The Labute approximate surface area is 209 Å². The van der Waals surface area contributed by atoms with Gasteiger partial charge >= 0.3 is 0 Å². The second-order valence-corrected chi connectivity index (χ2v) is 14.2. The Morgan fingerprint density at radius 1 is 0.676 bits per heavy atom. The fraction of sp³-hybridized carbons (Fsp3) is 0.600. The van der Waals surface area contributed by atoms with Crippen LogP contribution in [0.1, 0.15) is 129 Å². The van der Waals surface area contributed by atoms with Crippen LogP contribution in [0.2, 0.25) is 0 Å². The molecule has 2 unspecified atom stereocenters. The normalized spacial score (nSPS) is 14.6. The molecule has 2 rings (SSSR count). The van der Waals surface area contributed by atoms with Crippen molar-refractivity contribution in [3.05, 3.63) is 57.6 Å². The van der Waals surface area contributed by atoms with Crippen LogP contribution in [0.3, 0.4) is 0 Å². The summed E-state index contributed by atoms with van der Waals surface area (Å²) in [5.41, 5.74) is 5.45. The summed E-state index contributed by atoms with van der Waals surface area (Å²) >= 11 is 0. The predicted molar refractivity (Wildman–Crippen MR) is 147 cm³/mol. The minimum Gasteiger partial charge on any atom is -0.507 e. The van der Waals surface area contributed by atoms with Gasteiger partial charge in [0, 0.05) is 22.6 Å². The maximum absolute atomic E-state index is 13.7. The molecule has 2 aromatic rings. The maximum Gasteiger partial charge on any atom is 0.261 e. The van der Waals surface area contributed by atoms with Crippen LogP contribution in [0, 0.1) is 0 Å². The lowest BCUT2D eigenvalue weighted by Gasteiger charge is -2.32. The van der Waals surface area contributed by atoms with Gasteiger partial charge in [-0.3, -0.25) is 0 Å². The first-order valence-electron chi connectivity index (χ1n) is 12.3. The molecule has 2 aromatic carbocycles. The molecule has 2 nitrogen and oxygen atoms in total. The minimum absolute atomic E-state index is 0.0777. The molecule has 0 fully saturated rings. The van der Waals surface area contributed by atoms with Gasteiger partial charge in [-0.25, -0.2) is 0 Å². The van der Waals surface area contributed by atoms with Crippen molar-refractivity contribution >= 4 is 9.12 Å². The van der Waals surface area contributed by atoms with E-state index in [0.717, 1.165) is 22.3 Å². The standard InChI is InChI=1S/C30H46FO2P/c1-18(21-14-19(27(2,3)4)16-23(25(21)32)29(8,9)10)22-15-20(28(5,6)7)17-24(30(11,12)13)26(22)33-34-31/h14-18,32,34H,1-13H3. The molecular formula is C30H46FO2P. The fourth-order valence-electron chi connectivity index (χ4n) is 4.27. The lowest BCUT2D eigenvalue weighted by Crippen LogP contribution is -2.20. The molecule has 2 atom stereocenters. The Bertz CT molecular complexity index is 1030. The summed E-state index contributed by atoms with van der Waals surface area (Å²) in [6, 6.07) is 8.57. The predicted octanol–water partition coefficient (Wildman–Crippen LogP) is 9.59. The molecule has 190 valence electrons. The first kappa shape index (κ1) is 28.6. The summed E-state index contributed by atoms with van der Waals surface area (Å²) in [6.07, 6.45) is 0. The van der Waals surface area contributed by atoms with Gasteiger partial charge in [-0.1, -0.05) is 114 Å². The van der Waals surface area contributed by atoms with Crippen LogP contribution in [0.4, 0.5) is 4.20 Å².